The molecule has 0 fully saturated rings. The molecule has 110 valence electrons. The number of thioether (sulfide) groups is 1. The van der Waals surface area contributed by atoms with E-state index in [1.807, 2.05) is 13.2 Å². The summed E-state index contributed by atoms with van der Waals surface area (Å²) in [5.74, 6) is -1.45. The van der Waals surface area contributed by atoms with Crippen molar-refractivity contribution in [2.75, 3.05) is 12.0 Å². The quantitative estimate of drug-likeness (QED) is 0.498. The van der Waals surface area contributed by atoms with Crippen LogP contribution in [0.2, 0.25) is 0 Å². The number of hydrogen-bond acceptors (Lipinski definition) is 4. The van der Waals surface area contributed by atoms with Gasteiger partial charge in [0.2, 0.25) is 0 Å². The lowest BCUT2D eigenvalue weighted by Gasteiger charge is -2.17. The van der Waals surface area contributed by atoms with Crippen LogP contribution < -0.4 is 10.6 Å². The summed E-state index contributed by atoms with van der Waals surface area (Å²) in [6.45, 7) is 1.82. The average molecular weight is 292 g/mol. The number of amides is 2. The molecule has 0 heterocycles. The maximum Gasteiger partial charge on any atom is 0.326 e. The van der Waals surface area contributed by atoms with Gasteiger partial charge in [-0.2, -0.15) is 11.8 Å². The lowest BCUT2D eigenvalue weighted by molar-refractivity contribution is -0.140. The van der Waals surface area contributed by atoms with Crippen molar-refractivity contribution >= 4 is 29.7 Å². The minimum absolute atomic E-state index is 0.0682. The second-order valence-electron chi connectivity index (χ2n) is 4.12. The van der Waals surface area contributed by atoms with Crippen LogP contribution in [-0.2, 0) is 9.59 Å². The van der Waals surface area contributed by atoms with Gasteiger partial charge in [-0.1, -0.05) is 0 Å². The molecule has 1 unspecified atom stereocenters. The molecule has 8 heteroatoms. The molecule has 4 N–H and O–H groups in total. The Morgan fingerprint density at radius 3 is 2.26 bits per heavy atom. The largest absolute Gasteiger partial charge is 0.481 e. The van der Waals surface area contributed by atoms with Gasteiger partial charge < -0.3 is 20.8 Å². The lowest BCUT2D eigenvalue weighted by Crippen LogP contribution is -2.48. The standard InChI is InChI=1S/C11H20N2O5S/c1-7(5-6-19-2)12-11(18)13-8(10(16)17)3-4-9(14)15/h7-8H,3-6H2,1-2H3,(H,14,15)(H,16,17)(H2,12,13,18)/t7?,8-/m0/s1. The van der Waals surface area contributed by atoms with Crippen LogP contribution in [0.15, 0.2) is 0 Å². The van der Waals surface area contributed by atoms with Crippen molar-refractivity contribution in [3.63, 3.8) is 0 Å². The number of carboxylic acids is 2. The fourth-order valence-electron chi connectivity index (χ4n) is 1.32. The molecule has 2 amide bonds. The molecule has 0 aliphatic carbocycles. The Balaban J connectivity index is 4.16. The molecule has 0 saturated heterocycles. The van der Waals surface area contributed by atoms with Gasteiger partial charge in [-0.15, -0.1) is 0 Å². The van der Waals surface area contributed by atoms with Crippen molar-refractivity contribution in [2.24, 2.45) is 0 Å². The smallest absolute Gasteiger partial charge is 0.326 e. The first-order valence-corrected chi connectivity index (χ1v) is 7.26. The minimum Gasteiger partial charge on any atom is -0.481 e. The lowest BCUT2D eigenvalue weighted by atomic mass is 10.1. The van der Waals surface area contributed by atoms with E-state index in [0.717, 1.165) is 12.2 Å². The van der Waals surface area contributed by atoms with Gasteiger partial charge in [-0.3, -0.25) is 4.79 Å². The molecule has 0 saturated carbocycles. The number of nitrogens with one attached hydrogen (secondary N) is 2. The van der Waals surface area contributed by atoms with Crippen LogP contribution in [0.25, 0.3) is 0 Å². The van der Waals surface area contributed by atoms with Crippen molar-refractivity contribution in [1.82, 2.24) is 10.6 Å². The number of carbonyl (C=O) groups is 3. The van der Waals surface area contributed by atoms with E-state index >= 15 is 0 Å². The Morgan fingerprint density at radius 2 is 1.79 bits per heavy atom. The molecule has 0 aromatic rings. The normalized spacial score (nSPS) is 13.4. The van der Waals surface area contributed by atoms with Crippen LogP contribution in [0.1, 0.15) is 26.2 Å². The van der Waals surface area contributed by atoms with Crippen LogP contribution >= 0.6 is 11.8 Å². The van der Waals surface area contributed by atoms with Crippen LogP contribution in [0.4, 0.5) is 4.79 Å². The first kappa shape index (κ1) is 17.6. The molecule has 0 bridgehead atoms. The average Bonchev–Trinajstić information content (AvgIpc) is 2.31. The molecule has 19 heavy (non-hydrogen) atoms. The maximum atomic E-state index is 11.5. The monoisotopic (exact) mass is 292 g/mol. The predicted molar refractivity (Wildman–Crippen MR) is 72.4 cm³/mol. The third-order valence-corrected chi connectivity index (χ3v) is 3.03. The summed E-state index contributed by atoms with van der Waals surface area (Å²) >= 11 is 1.66. The number of urea groups is 1. The van der Waals surface area contributed by atoms with Crippen molar-refractivity contribution in [2.45, 2.75) is 38.3 Å². The van der Waals surface area contributed by atoms with Crippen LogP contribution in [0.5, 0.6) is 0 Å². The Hall–Kier alpha value is -1.44. The summed E-state index contributed by atoms with van der Waals surface area (Å²) in [5, 5.41) is 22.2. The summed E-state index contributed by atoms with van der Waals surface area (Å²) < 4.78 is 0. The number of carbonyl (C=O) groups excluding carboxylic acids is 1. The molecule has 0 spiro atoms. The summed E-state index contributed by atoms with van der Waals surface area (Å²) in [7, 11) is 0. The van der Waals surface area contributed by atoms with E-state index in [0.29, 0.717) is 0 Å². The maximum absolute atomic E-state index is 11.5. The Bertz CT molecular complexity index is 324. The van der Waals surface area contributed by atoms with E-state index in [4.69, 9.17) is 10.2 Å². The van der Waals surface area contributed by atoms with Crippen molar-refractivity contribution in [3.05, 3.63) is 0 Å². The first-order valence-electron chi connectivity index (χ1n) is 5.87. The van der Waals surface area contributed by atoms with Crippen molar-refractivity contribution < 1.29 is 24.6 Å². The molecule has 0 radical (unpaired) electrons. The number of carboxylic acid groups (broad SMARTS) is 2. The van der Waals surface area contributed by atoms with Gasteiger partial charge in [-0.05, 0) is 31.8 Å². The Morgan fingerprint density at radius 1 is 1.16 bits per heavy atom. The zero-order valence-electron chi connectivity index (χ0n) is 11.0. The van der Waals surface area contributed by atoms with Gasteiger partial charge in [0.1, 0.15) is 6.04 Å². The summed E-state index contributed by atoms with van der Waals surface area (Å²) in [6.07, 6.45) is 2.29. The molecule has 0 aromatic heterocycles. The number of aliphatic carboxylic acids is 2. The third-order valence-electron chi connectivity index (χ3n) is 2.38. The summed E-state index contributed by atoms with van der Waals surface area (Å²) in [5.41, 5.74) is 0. The molecule has 0 rings (SSSR count). The van der Waals surface area contributed by atoms with E-state index < -0.39 is 24.0 Å². The fraction of sp³-hybridized carbons (Fsp3) is 0.727. The molecular formula is C11H20N2O5S. The van der Waals surface area contributed by atoms with Gasteiger partial charge >= 0.3 is 18.0 Å². The molecule has 2 atom stereocenters. The highest BCUT2D eigenvalue weighted by Gasteiger charge is 2.21. The second kappa shape index (κ2) is 9.48. The zero-order chi connectivity index (χ0) is 14.8. The topological polar surface area (TPSA) is 116 Å². The van der Waals surface area contributed by atoms with Gasteiger partial charge in [0, 0.05) is 12.5 Å². The SMILES string of the molecule is CSCCC(C)NC(=O)N[C@@H](CCC(=O)O)C(=O)O. The van der Waals surface area contributed by atoms with Crippen LogP contribution in [0.3, 0.4) is 0 Å². The van der Waals surface area contributed by atoms with Gasteiger partial charge in [0.05, 0.1) is 0 Å². The number of hydrogen-bond donors (Lipinski definition) is 4. The van der Waals surface area contributed by atoms with E-state index in [-0.39, 0.29) is 18.9 Å². The third kappa shape index (κ3) is 9.18. The highest BCUT2D eigenvalue weighted by molar-refractivity contribution is 7.98. The summed E-state index contributed by atoms with van der Waals surface area (Å²) in [4.78, 5) is 32.8. The van der Waals surface area contributed by atoms with Crippen molar-refractivity contribution in [3.8, 4) is 0 Å². The number of rotatable bonds is 9. The van der Waals surface area contributed by atoms with E-state index in [1.54, 1.807) is 11.8 Å². The highest BCUT2D eigenvalue weighted by atomic mass is 32.2. The van der Waals surface area contributed by atoms with E-state index in [2.05, 4.69) is 10.6 Å². The molecule has 0 aliphatic rings. The molecule has 7 nitrogen and oxygen atoms in total. The van der Waals surface area contributed by atoms with Gasteiger partial charge in [0.25, 0.3) is 0 Å². The fourth-order valence-corrected chi connectivity index (χ4v) is 1.90. The highest BCUT2D eigenvalue weighted by Crippen LogP contribution is 2.01. The Labute approximate surface area is 116 Å². The van der Waals surface area contributed by atoms with Crippen LogP contribution in [0, 0.1) is 0 Å². The molecule has 0 aromatic carbocycles. The predicted octanol–water partition coefficient (Wildman–Crippen LogP) is 0.745. The molecular weight excluding hydrogens is 272 g/mol. The summed E-state index contributed by atoms with van der Waals surface area (Å²) in [6, 6.07) is -1.85. The van der Waals surface area contributed by atoms with Crippen LogP contribution in [-0.4, -0.2) is 52.3 Å². The molecule has 0 aliphatic heterocycles. The Kier molecular flexibility index (Phi) is 8.77. The van der Waals surface area contributed by atoms with E-state index in [1.165, 1.54) is 0 Å². The van der Waals surface area contributed by atoms with E-state index in [9.17, 15) is 14.4 Å². The zero-order valence-corrected chi connectivity index (χ0v) is 11.8. The minimum atomic E-state index is -1.24. The first-order chi connectivity index (χ1) is 8.86. The van der Waals surface area contributed by atoms with Gasteiger partial charge in [-0.25, -0.2) is 9.59 Å². The van der Waals surface area contributed by atoms with Crippen molar-refractivity contribution in [1.29, 1.82) is 0 Å². The van der Waals surface area contributed by atoms with Gasteiger partial charge in [0.15, 0.2) is 0 Å². The second-order valence-corrected chi connectivity index (χ2v) is 5.11.